The van der Waals surface area contributed by atoms with E-state index < -0.39 is 0 Å². The smallest absolute Gasteiger partial charge is 0.266 e. The van der Waals surface area contributed by atoms with Crippen LogP contribution in [0, 0.1) is 4.77 Å². The first-order valence-electron chi connectivity index (χ1n) is 10.4. The van der Waals surface area contributed by atoms with Gasteiger partial charge in [0.1, 0.15) is 11.5 Å². The molecule has 0 bridgehead atoms. The molecule has 4 rings (SSSR count). The first kappa shape index (κ1) is 23.8. The fraction of sp³-hybridized carbons (Fsp3) is 0.160. The van der Waals surface area contributed by atoms with Gasteiger partial charge in [0.05, 0.1) is 50.7 Å². The highest BCUT2D eigenvalue weighted by atomic mass is 32.1. The van der Waals surface area contributed by atoms with Crippen LogP contribution in [0.15, 0.2) is 59.4 Å². The van der Waals surface area contributed by atoms with E-state index in [-0.39, 0.29) is 16.2 Å². The number of benzene rings is 3. The molecule has 4 aromatic rings. The number of H-pyrrole nitrogens is 1. The van der Waals surface area contributed by atoms with Gasteiger partial charge in [0.15, 0.2) is 16.3 Å². The number of anilines is 1. The number of aromatic nitrogens is 2. The second-order valence-corrected chi connectivity index (χ2v) is 7.78. The van der Waals surface area contributed by atoms with Crippen molar-refractivity contribution >= 4 is 34.7 Å². The van der Waals surface area contributed by atoms with Crippen molar-refractivity contribution in [3.05, 3.63) is 75.3 Å². The molecule has 35 heavy (non-hydrogen) atoms. The largest absolute Gasteiger partial charge is 0.497 e. The van der Waals surface area contributed by atoms with Crippen molar-refractivity contribution in [2.24, 2.45) is 0 Å². The van der Waals surface area contributed by atoms with E-state index in [0.717, 1.165) is 0 Å². The molecule has 2 N–H and O–H groups in total. The van der Waals surface area contributed by atoms with Gasteiger partial charge in [-0.05, 0) is 54.7 Å². The summed E-state index contributed by atoms with van der Waals surface area (Å²) in [4.78, 5) is 29.3. The Morgan fingerprint density at radius 1 is 0.857 bits per heavy atom. The highest BCUT2D eigenvalue weighted by Gasteiger charge is 2.15. The van der Waals surface area contributed by atoms with Crippen LogP contribution in [0.2, 0.25) is 0 Å². The summed E-state index contributed by atoms with van der Waals surface area (Å²) in [6, 6.07) is 14.9. The maximum Gasteiger partial charge on any atom is 0.266 e. The summed E-state index contributed by atoms with van der Waals surface area (Å²) in [5.41, 5.74) is 1.44. The number of amides is 1. The topological polar surface area (TPSA) is 104 Å². The lowest BCUT2D eigenvalue weighted by Gasteiger charge is -2.13. The zero-order chi connectivity index (χ0) is 25.1. The number of rotatable bonds is 7. The van der Waals surface area contributed by atoms with Crippen molar-refractivity contribution in [1.29, 1.82) is 0 Å². The molecule has 0 aliphatic heterocycles. The second-order valence-electron chi connectivity index (χ2n) is 7.39. The highest BCUT2D eigenvalue weighted by molar-refractivity contribution is 7.71. The zero-order valence-corrected chi connectivity index (χ0v) is 20.3. The van der Waals surface area contributed by atoms with Crippen LogP contribution in [0.25, 0.3) is 16.6 Å². The van der Waals surface area contributed by atoms with Gasteiger partial charge in [-0.1, -0.05) is 0 Å². The van der Waals surface area contributed by atoms with Crippen LogP contribution in [0.3, 0.4) is 0 Å². The fourth-order valence-electron chi connectivity index (χ4n) is 3.65. The molecule has 1 aromatic heterocycles. The molecule has 0 saturated heterocycles. The zero-order valence-electron chi connectivity index (χ0n) is 19.5. The third-order valence-corrected chi connectivity index (χ3v) is 5.73. The fourth-order valence-corrected chi connectivity index (χ4v) is 3.95. The number of nitrogens with one attached hydrogen (secondary N) is 2. The Labute approximate surface area is 205 Å². The number of fused-ring (bicyclic) bond motifs is 1. The van der Waals surface area contributed by atoms with Gasteiger partial charge in [-0.2, -0.15) is 0 Å². The summed E-state index contributed by atoms with van der Waals surface area (Å²) in [5.74, 6) is 1.68. The molecular weight excluding hydrogens is 470 g/mol. The molecule has 1 heterocycles. The minimum atomic E-state index is -0.376. The standard InChI is InChI=1S/C25H23N3O6S/c1-31-16-7-9-18(21(13-16)33-3)26-23(29)14-5-8-17-19(11-14)27-25(35)28(24(17)30)15-6-10-20(32-2)22(12-15)34-4/h5-13H,1-4H3,(H,26,29)(H,27,35). The predicted octanol–water partition coefficient (Wildman–Crippen LogP) is 4.33. The van der Waals surface area contributed by atoms with Crippen LogP contribution < -0.4 is 29.8 Å². The molecule has 0 aliphatic carbocycles. The molecule has 3 aromatic carbocycles. The van der Waals surface area contributed by atoms with Gasteiger partial charge in [0.2, 0.25) is 0 Å². The number of carbonyl (C=O) groups excluding carboxylic acids is 1. The van der Waals surface area contributed by atoms with E-state index >= 15 is 0 Å². The molecule has 0 aliphatic rings. The van der Waals surface area contributed by atoms with E-state index in [9.17, 15) is 9.59 Å². The van der Waals surface area contributed by atoms with Crippen LogP contribution in [0.4, 0.5) is 5.69 Å². The van der Waals surface area contributed by atoms with Gasteiger partial charge in [-0.3, -0.25) is 14.2 Å². The first-order valence-corrected chi connectivity index (χ1v) is 10.9. The maximum absolute atomic E-state index is 13.3. The van der Waals surface area contributed by atoms with Gasteiger partial charge in [0.25, 0.3) is 11.5 Å². The van der Waals surface area contributed by atoms with Gasteiger partial charge in [-0.25, -0.2) is 0 Å². The summed E-state index contributed by atoms with van der Waals surface area (Å²) in [6.45, 7) is 0. The molecule has 180 valence electrons. The van der Waals surface area contributed by atoms with Crippen LogP contribution >= 0.6 is 12.2 Å². The molecule has 0 saturated carbocycles. The monoisotopic (exact) mass is 493 g/mol. The summed E-state index contributed by atoms with van der Waals surface area (Å²) in [6.07, 6.45) is 0. The number of hydrogen-bond acceptors (Lipinski definition) is 7. The van der Waals surface area contributed by atoms with Crippen molar-refractivity contribution in [3.63, 3.8) is 0 Å². The molecule has 9 nitrogen and oxygen atoms in total. The summed E-state index contributed by atoms with van der Waals surface area (Å²) >= 11 is 5.47. The van der Waals surface area contributed by atoms with E-state index in [4.69, 9.17) is 31.2 Å². The number of nitrogens with zero attached hydrogens (tertiary/aromatic N) is 1. The summed E-state index contributed by atoms with van der Waals surface area (Å²) in [7, 11) is 6.10. The van der Waals surface area contributed by atoms with Crippen LogP contribution in [-0.4, -0.2) is 43.9 Å². The van der Waals surface area contributed by atoms with Crippen molar-refractivity contribution in [1.82, 2.24) is 9.55 Å². The van der Waals surface area contributed by atoms with Crippen LogP contribution in [-0.2, 0) is 0 Å². The van der Waals surface area contributed by atoms with E-state index in [1.54, 1.807) is 61.7 Å². The van der Waals surface area contributed by atoms with Gasteiger partial charge < -0.3 is 29.2 Å². The molecule has 0 atom stereocenters. The Kier molecular flexibility index (Phi) is 6.74. The predicted molar refractivity (Wildman–Crippen MR) is 135 cm³/mol. The van der Waals surface area contributed by atoms with Crippen LogP contribution in [0.5, 0.6) is 23.0 Å². The second kappa shape index (κ2) is 9.90. The molecule has 1 amide bonds. The Morgan fingerprint density at radius 2 is 1.60 bits per heavy atom. The van der Waals surface area contributed by atoms with Crippen molar-refractivity contribution < 1.29 is 23.7 Å². The third kappa shape index (κ3) is 4.56. The average molecular weight is 494 g/mol. The lowest BCUT2D eigenvalue weighted by atomic mass is 10.1. The quantitative estimate of drug-likeness (QED) is 0.369. The highest BCUT2D eigenvalue weighted by Crippen LogP contribution is 2.30. The minimum Gasteiger partial charge on any atom is -0.497 e. The molecular formula is C25H23N3O6S. The lowest BCUT2D eigenvalue weighted by molar-refractivity contribution is 0.102. The van der Waals surface area contributed by atoms with Crippen LogP contribution in [0.1, 0.15) is 10.4 Å². The van der Waals surface area contributed by atoms with E-state index in [2.05, 4.69) is 10.3 Å². The number of hydrogen-bond donors (Lipinski definition) is 2. The third-order valence-electron chi connectivity index (χ3n) is 5.44. The van der Waals surface area contributed by atoms with Crippen molar-refractivity contribution in [3.8, 4) is 28.7 Å². The molecule has 0 spiro atoms. The number of carbonyl (C=O) groups is 1. The van der Waals surface area contributed by atoms with E-state index in [0.29, 0.717) is 50.8 Å². The Morgan fingerprint density at radius 3 is 2.29 bits per heavy atom. The van der Waals surface area contributed by atoms with E-state index in [1.807, 2.05) is 0 Å². The van der Waals surface area contributed by atoms with Gasteiger partial charge in [0, 0.05) is 17.7 Å². The lowest BCUT2D eigenvalue weighted by Crippen LogP contribution is -2.21. The van der Waals surface area contributed by atoms with Crippen molar-refractivity contribution in [2.45, 2.75) is 0 Å². The summed E-state index contributed by atoms with van der Waals surface area (Å²) in [5, 5.41) is 3.18. The Hall–Kier alpha value is -4.31. The number of aromatic amines is 1. The molecule has 10 heteroatoms. The maximum atomic E-state index is 13.3. The van der Waals surface area contributed by atoms with Gasteiger partial charge >= 0.3 is 0 Å². The Bertz CT molecular complexity index is 1540. The summed E-state index contributed by atoms with van der Waals surface area (Å²) < 4.78 is 22.7. The average Bonchev–Trinajstić information content (AvgIpc) is 2.88. The van der Waals surface area contributed by atoms with Crippen molar-refractivity contribution in [2.75, 3.05) is 33.8 Å². The normalized spacial score (nSPS) is 10.6. The SMILES string of the molecule is COc1ccc(NC(=O)c2ccc3c(=O)n(-c4ccc(OC)c(OC)c4)c(=S)[nH]c3c2)c(OC)c1. The number of methoxy groups -OCH3 is 4. The first-order chi connectivity index (χ1) is 16.9. The van der Waals surface area contributed by atoms with Gasteiger partial charge in [-0.15, -0.1) is 0 Å². The number of ether oxygens (including phenoxy) is 4. The molecule has 0 unspecified atom stereocenters. The Balaban J connectivity index is 1.72. The van der Waals surface area contributed by atoms with E-state index in [1.165, 1.54) is 25.9 Å². The molecule has 0 fully saturated rings. The molecule has 0 radical (unpaired) electrons. The minimum absolute atomic E-state index is 0.170.